The Kier molecular flexibility index (Phi) is 6.17. The quantitative estimate of drug-likeness (QED) is 0.725. The number of anilines is 2. The summed E-state index contributed by atoms with van der Waals surface area (Å²) in [5.41, 5.74) is 2.07. The van der Waals surface area contributed by atoms with E-state index in [1.807, 2.05) is 31.2 Å². The van der Waals surface area contributed by atoms with Crippen LogP contribution in [0.25, 0.3) is 0 Å². The number of benzene rings is 2. The highest BCUT2D eigenvalue weighted by atomic mass is 79.9. The van der Waals surface area contributed by atoms with Crippen molar-refractivity contribution in [2.24, 2.45) is 0 Å². The lowest BCUT2D eigenvalue weighted by Crippen LogP contribution is -2.23. The van der Waals surface area contributed by atoms with Gasteiger partial charge in [0.05, 0.1) is 6.54 Å². The number of nitrogens with one attached hydrogen (secondary N) is 3. The highest BCUT2D eigenvalue weighted by Crippen LogP contribution is 2.20. The van der Waals surface area contributed by atoms with E-state index < -0.39 is 0 Å². The molecule has 0 heterocycles. The van der Waals surface area contributed by atoms with Crippen molar-refractivity contribution in [3.8, 4) is 0 Å². The van der Waals surface area contributed by atoms with Gasteiger partial charge in [0.2, 0.25) is 5.91 Å². The standard InChI is InChI=1S/C17H18BrN3O2/c1-2-19-17(23)12-7-9-13(10-8-12)21-16(22)11-20-15-6-4-3-5-14(15)18/h3-10,20H,2,11H2,1H3,(H,19,23)(H,21,22). The number of carbonyl (C=O) groups excluding carboxylic acids is 2. The van der Waals surface area contributed by atoms with Gasteiger partial charge < -0.3 is 16.0 Å². The zero-order chi connectivity index (χ0) is 16.7. The number of carbonyl (C=O) groups is 2. The van der Waals surface area contributed by atoms with Crippen LogP contribution in [0, 0.1) is 0 Å². The molecule has 23 heavy (non-hydrogen) atoms. The predicted molar refractivity (Wildman–Crippen MR) is 95.7 cm³/mol. The molecule has 0 saturated carbocycles. The first kappa shape index (κ1) is 17.0. The maximum Gasteiger partial charge on any atom is 0.251 e. The minimum Gasteiger partial charge on any atom is -0.375 e. The van der Waals surface area contributed by atoms with Gasteiger partial charge in [-0.25, -0.2) is 0 Å². The molecule has 5 nitrogen and oxygen atoms in total. The number of amides is 2. The lowest BCUT2D eigenvalue weighted by atomic mass is 10.2. The Morgan fingerprint density at radius 2 is 1.74 bits per heavy atom. The van der Waals surface area contributed by atoms with Crippen LogP contribution >= 0.6 is 15.9 Å². The molecular weight excluding hydrogens is 358 g/mol. The third kappa shape index (κ3) is 5.10. The van der Waals surface area contributed by atoms with Gasteiger partial charge in [0.25, 0.3) is 5.91 Å². The maximum absolute atomic E-state index is 12.0. The molecule has 2 amide bonds. The Labute approximate surface area is 143 Å². The summed E-state index contributed by atoms with van der Waals surface area (Å²) in [6.07, 6.45) is 0. The third-order valence-corrected chi connectivity index (χ3v) is 3.77. The summed E-state index contributed by atoms with van der Waals surface area (Å²) in [6.45, 7) is 2.60. The summed E-state index contributed by atoms with van der Waals surface area (Å²) in [7, 11) is 0. The first-order valence-electron chi connectivity index (χ1n) is 7.26. The van der Waals surface area contributed by atoms with Crippen molar-refractivity contribution in [1.82, 2.24) is 5.32 Å². The third-order valence-electron chi connectivity index (χ3n) is 3.08. The van der Waals surface area contributed by atoms with Crippen LogP contribution in [0.4, 0.5) is 11.4 Å². The van der Waals surface area contributed by atoms with Crippen LogP contribution in [0.2, 0.25) is 0 Å². The largest absolute Gasteiger partial charge is 0.375 e. The molecule has 2 aromatic carbocycles. The van der Waals surface area contributed by atoms with Crippen LogP contribution in [0.15, 0.2) is 53.0 Å². The van der Waals surface area contributed by atoms with Gasteiger partial charge in [0, 0.05) is 28.0 Å². The Bertz CT molecular complexity index is 686. The first-order chi connectivity index (χ1) is 11.1. The van der Waals surface area contributed by atoms with Crippen LogP contribution in [0.3, 0.4) is 0 Å². The number of rotatable bonds is 6. The Morgan fingerprint density at radius 1 is 1.04 bits per heavy atom. The zero-order valence-corrected chi connectivity index (χ0v) is 14.3. The van der Waals surface area contributed by atoms with Gasteiger partial charge in [0.1, 0.15) is 0 Å². The van der Waals surface area contributed by atoms with Crippen LogP contribution in [0.5, 0.6) is 0 Å². The van der Waals surface area contributed by atoms with Crippen molar-refractivity contribution < 1.29 is 9.59 Å². The van der Waals surface area contributed by atoms with E-state index in [0.29, 0.717) is 17.8 Å². The average Bonchev–Trinajstić information content (AvgIpc) is 2.55. The molecule has 0 aliphatic heterocycles. The summed E-state index contributed by atoms with van der Waals surface area (Å²) in [5, 5.41) is 8.56. The van der Waals surface area contributed by atoms with E-state index in [0.717, 1.165) is 10.2 Å². The number of hydrogen-bond donors (Lipinski definition) is 3. The minimum atomic E-state index is -0.161. The minimum absolute atomic E-state index is 0.124. The summed E-state index contributed by atoms with van der Waals surface area (Å²) < 4.78 is 0.902. The molecule has 120 valence electrons. The predicted octanol–water partition coefficient (Wildman–Crippen LogP) is 3.25. The Hall–Kier alpha value is -2.34. The van der Waals surface area contributed by atoms with E-state index in [1.165, 1.54) is 0 Å². The van der Waals surface area contributed by atoms with E-state index in [4.69, 9.17) is 0 Å². The molecular formula is C17H18BrN3O2. The fourth-order valence-corrected chi connectivity index (χ4v) is 2.38. The lowest BCUT2D eigenvalue weighted by molar-refractivity contribution is -0.114. The normalized spacial score (nSPS) is 10.0. The van der Waals surface area contributed by atoms with Crippen LogP contribution in [-0.2, 0) is 4.79 Å². The molecule has 0 spiro atoms. The number of halogens is 1. The van der Waals surface area contributed by atoms with E-state index in [-0.39, 0.29) is 18.4 Å². The molecule has 0 aliphatic rings. The molecule has 2 aromatic rings. The molecule has 0 unspecified atom stereocenters. The van der Waals surface area contributed by atoms with Crippen LogP contribution in [0.1, 0.15) is 17.3 Å². The monoisotopic (exact) mass is 375 g/mol. The van der Waals surface area contributed by atoms with E-state index in [9.17, 15) is 9.59 Å². The molecule has 0 fully saturated rings. The molecule has 3 N–H and O–H groups in total. The summed E-state index contributed by atoms with van der Waals surface area (Å²) in [6, 6.07) is 14.4. The molecule has 0 bridgehead atoms. The van der Waals surface area contributed by atoms with E-state index in [1.54, 1.807) is 24.3 Å². The highest BCUT2D eigenvalue weighted by molar-refractivity contribution is 9.10. The summed E-state index contributed by atoms with van der Waals surface area (Å²) in [5.74, 6) is -0.285. The summed E-state index contributed by atoms with van der Waals surface area (Å²) >= 11 is 3.42. The van der Waals surface area contributed by atoms with Gasteiger partial charge >= 0.3 is 0 Å². The number of hydrogen-bond acceptors (Lipinski definition) is 3. The fraction of sp³-hybridized carbons (Fsp3) is 0.176. The zero-order valence-electron chi connectivity index (χ0n) is 12.7. The smallest absolute Gasteiger partial charge is 0.251 e. The Balaban J connectivity index is 1.88. The van der Waals surface area contributed by atoms with Crippen molar-refractivity contribution >= 4 is 39.1 Å². The maximum atomic E-state index is 12.0. The van der Waals surface area contributed by atoms with Crippen molar-refractivity contribution in [2.75, 3.05) is 23.7 Å². The first-order valence-corrected chi connectivity index (χ1v) is 8.06. The second kappa shape index (κ2) is 8.33. The fourth-order valence-electron chi connectivity index (χ4n) is 1.95. The van der Waals surface area contributed by atoms with Gasteiger partial charge in [-0.05, 0) is 59.3 Å². The number of para-hydroxylation sites is 1. The van der Waals surface area contributed by atoms with E-state index in [2.05, 4.69) is 31.9 Å². The second-order valence-corrected chi connectivity index (χ2v) is 5.67. The van der Waals surface area contributed by atoms with Gasteiger partial charge in [-0.2, -0.15) is 0 Å². The lowest BCUT2D eigenvalue weighted by Gasteiger charge is -2.09. The van der Waals surface area contributed by atoms with Gasteiger partial charge in [-0.1, -0.05) is 12.1 Å². The van der Waals surface area contributed by atoms with E-state index >= 15 is 0 Å². The molecule has 0 radical (unpaired) electrons. The molecule has 0 aliphatic carbocycles. The SMILES string of the molecule is CCNC(=O)c1ccc(NC(=O)CNc2ccccc2Br)cc1. The van der Waals surface area contributed by atoms with Crippen molar-refractivity contribution in [3.05, 3.63) is 58.6 Å². The molecule has 0 atom stereocenters. The average molecular weight is 376 g/mol. The second-order valence-electron chi connectivity index (χ2n) is 4.82. The summed E-state index contributed by atoms with van der Waals surface area (Å²) in [4.78, 5) is 23.6. The van der Waals surface area contributed by atoms with Crippen molar-refractivity contribution in [2.45, 2.75) is 6.92 Å². The van der Waals surface area contributed by atoms with Gasteiger partial charge in [-0.15, -0.1) is 0 Å². The highest BCUT2D eigenvalue weighted by Gasteiger charge is 2.06. The van der Waals surface area contributed by atoms with Crippen LogP contribution in [-0.4, -0.2) is 24.9 Å². The molecule has 6 heteroatoms. The topological polar surface area (TPSA) is 70.2 Å². The molecule has 0 aromatic heterocycles. The van der Waals surface area contributed by atoms with Gasteiger partial charge in [-0.3, -0.25) is 9.59 Å². The van der Waals surface area contributed by atoms with Crippen molar-refractivity contribution in [3.63, 3.8) is 0 Å². The van der Waals surface area contributed by atoms with Gasteiger partial charge in [0.15, 0.2) is 0 Å². The van der Waals surface area contributed by atoms with Crippen molar-refractivity contribution in [1.29, 1.82) is 0 Å². The molecule has 0 saturated heterocycles. The molecule has 2 rings (SSSR count). The van der Waals surface area contributed by atoms with Crippen LogP contribution < -0.4 is 16.0 Å². The Morgan fingerprint density at radius 3 is 2.39 bits per heavy atom.